The fourth-order valence-electron chi connectivity index (χ4n) is 4.07. The molecule has 1 N–H and O–H groups in total. The molecule has 1 aliphatic carbocycles. The molecule has 2 aliphatic rings. The van der Waals surface area contributed by atoms with Crippen LogP contribution in [-0.2, 0) is 6.42 Å². The van der Waals surface area contributed by atoms with Crippen LogP contribution in [0.1, 0.15) is 35.8 Å². The first kappa shape index (κ1) is 17.0. The van der Waals surface area contributed by atoms with E-state index in [9.17, 15) is 0 Å². The van der Waals surface area contributed by atoms with Gasteiger partial charge in [-0.25, -0.2) is 9.97 Å². The van der Waals surface area contributed by atoms with Crippen LogP contribution in [0.2, 0.25) is 0 Å². The van der Waals surface area contributed by atoms with Crippen molar-refractivity contribution < 1.29 is 9.47 Å². The van der Waals surface area contributed by atoms with Crippen molar-refractivity contribution in [1.82, 2.24) is 9.97 Å². The van der Waals surface area contributed by atoms with Gasteiger partial charge in [0.1, 0.15) is 24.9 Å². The molecule has 0 radical (unpaired) electrons. The molecule has 0 saturated carbocycles. The average molecular weight is 373 g/mol. The molecule has 0 saturated heterocycles. The molecule has 1 aliphatic heterocycles. The molecule has 0 fully saturated rings. The predicted octanol–water partition coefficient (Wildman–Crippen LogP) is 4.71. The molecule has 2 heterocycles. The van der Waals surface area contributed by atoms with Gasteiger partial charge in [0.05, 0.1) is 11.7 Å². The minimum atomic E-state index is 0.285. The van der Waals surface area contributed by atoms with Gasteiger partial charge in [0, 0.05) is 11.6 Å². The molecule has 0 bridgehead atoms. The number of nitrogens with zero attached hydrogens (tertiary/aromatic N) is 2. The quantitative estimate of drug-likeness (QED) is 0.720. The number of ether oxygens (including phenoxy) is 2. The summed E-state index contributed by atoms with van der Waals surface area (Å²) in [7, 11) is 0. The van der Waals surface area contributed by atoms with Gasteiger partial charge < -0.3 is 14.8 Å². The maximum atomic E-state index is 5.72. The Morgan fingerprint density at radius 2 is 1.82 bits per heavy atom. The van der Waals surface area contributed by atoms with Crippen LogP contribution in [0.25, 0.3) is 11.3 Å². The Morgan fingerprint density at radius 3 is 2.75 bits per heavy atom. The smallest absolute Gasteiger partial charge is 0.162 e. The molecule has 2 aromatic carbocycles. The molecule has 142 valence electrons. The Morgan fingerprint density at radius 1 is 0.964 bits per heavy atom. The third kappa shape index (κ3) is 3.28. The summed E-state index contributed by atoms with van der Waals surface area (Å²) in [5.41, 5.74) is 4.70. The number of nitrogens with one attached hydrogen (secondary N) is 1. The van der Waals surface area contributed by atoms with Gasteiger partial charge >= 0.3 is 0 Å². The van der Waals surface area contributed by atoms with E-state index in [-0.39, 0.29) is 6.04 Å². The van der Waals surface area contributed by atoms with Gasteiger partial charge in [-0.05, 0) is 55.5 Å². The maximum absolute atomic E-state index is 5.72. The molecule has 5 nitrogen and oxygen atoms in total. The SMILES string of the molecule is Cc1nc(N[C@@H]2CCCc3ccccc32)cc(-c2ccc3c(c2)OCCO3)n1. The van der Waals surface area contributed by atoms with Crippen molar-refractivity contribution >= 4 is 5.82 Å². The molecule has 5 heteroatoms. The molecular formula is C23H23N3O2. The summed E-state index contributed by atoms with van der Waals surface area (Å²) in [6.07, 6.45) is 3.45. The molecule has 3 aromatic rings. The highest BCUT2D eigenvalue weighted by Crippen LogP contribution is 2.35. The van der Waals surface area contributed by atoms with Crippen molar-refractivity contribution in [3.05, 3.63) is 65.5 Å². The van der Waals surface area contributed by atoms with Gasteiger partial charge in [0.2, 0.25) is 0 Å². The molecule has 5 rings (SSSR count). The second kappa shape index (κ2) is 7.15. The molecule has 0 amide bonds. The summed E-state index contributed by atoms with van der Waals surface area (Å²) in [6, 6.07) is 17.0. The maximum Gasteiger partial charge on any atom is 0.162 e. The van der Waals surface area contributed by atoms with Crippen molar-refractivity contribution in [2.24, 2.45) is 0 Å². The van der Waals surface area contributed by atoms with Crippen LogP contribution in [0.15, 0.2) is 48.5 Å². The number of aryl methyl sites for hydroxylation is 2. The van der Waals surface area contributed by atoms with E-state index in [4.69, 9.17) is 9.47 Å². The third-order valence-electron chi connectivity index (χ3n) is 5.37. The molecule has 1 aromatic heterocycles. The van der Waals surface area contributed by atoms with E-state index in [0.717, 1.165) is 47.2 Å². The first-order valence-electron chi connectivity index (χ1n) is 9.86. The molecule has 28 heavy (non-hydrogen) atoms. The van der Waals surface area contributed by atoms with Crippen LogP contribution in [-0.4, -0.2) is 23.2 Å². The number of aromatic nitrogens is 2. The summed E-state index contributed by atoms with van der Waals surface area (Å²) in [4.78, 5) is 9.28. The van der Waals surface area contributed by atoms with Gasteiger partial charge in [-0.15, -0.1) is 0 Å². The van der Waals surface area contributed by atoms with Crippen molar-refractivity contribution in [2.45, 2.75) is 32.2 Å². The Balaban J connectivity index is 1.46. The first-order valence-corrected chi connectivity index (χ1v) is 9.86. The van der Waals surface area contributed by atoms with Crippen LogP contribution in [0, 0.1) is 6.92 Å². The number of rotatable bonds is 3. The van der Waals surface area contributed by atoms with E-state index in [0.29, 0.717) is 13.2 Å². The summed E-state index contributed by atoms with van der Waals surface area (Å²) in [5, 5.41) is 3.64. The predicted molar refractivity (Wildman–Crippen MR) is 109 cm³/mol. The lowest BCUT2D eigenvalue weighted by Crippen LogP contribution is -2.18. The van der Waals surface area contributed by atoms with Gasteiger partial charge in [-0.1, -0.05) is 24.3 Å². The number of fused-ring (bicyclic) bond motifs is 2. The zero-order valence-electron chi connectivity index (χ0n) is 15.9. The zero-order valence-corrected chi connectivity index (χ0v) is 15.9. The largest absolute Gasteiger partial charge is 0.486 e. The van der Waals surface area contributed by atoms with Crippen LogP contribution in [0.4, 0.5) is 5.82 Å². The number of hydrogen-bond donors (Lipinski definition) is 1. The van der Waals surface area contributed by atoms with Gasteiger partial charge in [0.15, 0.2) is 11.5 Å². The Labute approximate surface area is 164 Å². The molecule has 0 spiro atoms. The van der Waals surface area contributed by atoms with Crippen molar-refractivity contribution in [3.63, 3.8) is 0 Å². The average Bonchev–Trinajstić information content (AvgIpc) is 2.73. The van der Waals surface area contributed by atoms with Crippen molar-refractivity contribution in [2.75, 3.05) is 18.5 Å². The Kier molecular flexibility index (Phi) is 4.35. The minimum absolute atomic E-state index is 0.285. The number of anilines is 1. The van der Waals surface area contributed by atoms with Gasteiger partial charge in [-0.3, -0.25) is 0 Å². The highest BCUT2D eigenvalue weighted by atomic mass is 16.6. The van der Waals surface area contributed by atoms with Crippen LogP contribution >= 0.6 is 0 Å². The van der Waals surface area contributed by atoms with E-state index < -0.39 is 0 Å². The normalized spacial score (nSPS) is 17.7. The second-order valence-corrected chi connectivity index (χ2v) is 7.33. The standard InChI is InChI=1S/C23H23N3O2/c1-15-24-20(17-9-10-21-22(13-17)28-12-11-27-21)14-23(25-15)26-19-8-4-6-16-5-2-3-7-18(16)19/h2-3,5,7,9-10,13-14,19H,4,6,8,11-12H2,1H3,(H,24,25,26)/t19-/m1/s1. The fraction of sp³-hybridized carbons (Fsp3) is 0.304. The van der Waals surface area contributed by atoms with E-state index >= 15 is 0 Å². The highest BCUT2D eigenvalue weighted by Gasteiger charge is 2.20. The number of hydrogen-bond acceptors (Lipinski definition) is 5. The lowest BCUT2D eigenvalue weighted by Gasteiger charge is -2.27. The summed E-state index contributed by atoms with van der Waals surface area (Å²) < 4.78 is 11.3. The topological polar surface area (TPSA) is 56.3 Å². The Bertz CT molecular complexity index is 1020. The van der Waals surface area contributed by atoms with Crippen LogP contribution in [0.5, 0.6) is 11.5 Å². The zero-order chi connectivity index (χ0) is 18.9. The van der Waals surface area contributed by atoms with Crippen molar-refractivity contribution in [3.8, 4) is 22.8 Å². The van der Waals surface area contributed by atoms with E-state index in [1.165, 1.54) is 17.5 Å². The summed E-state index contributed by atoms with van der Waals surface area (Å²) in [6.45, 7) is 3.10. The highest BCUT2D eigenvalue weighted by molar-refractivity contribution is 5.66. The monoisotopic (exact) mass is 373 g/mol. The second-order valence-electron chi connectivity index (χ2n) is 7.33. The molecular weight excluding hydrogens is 350 g/mol. The van der Waals surface area contributed by atoms with E-state index in [1.54, 1.807) is 0 Å². The lowest BCUT2D eigenvalue weighted by molar-refractivity contribution is 0.171. The number of benzene rings is 2. The first-order chi connectivity index (χ1) is 13.8. The van der Waals surface area contributed by atoms with Crippen LogP contribution in [0.3, 0.4) is 0 Å². The van der Waals surface area contributed by atoms with Crippen molar-refractivity contribution in [1.29, 1.82) is 0 Å². The minimum Gasteiger partial charge on any atom is -0.486 e. The molecule has 0 unspecified atom stereocenters. The lowest BCUT2D eigenvalue weighted by atomic mass is 9.88. The summed E-state index contributed by atoms with van der Waals surface area (Å²) >= 11 is 0. The van der Waals surface area contributed by atoms with Crippen LogP contribution < -0.4 is 14.8 Å². The van der Waals surface area contributed by atoms with Gasteiger partial charge in [-0.2, -0.15) is 0 Å². The molecule has 1 atom stereocenters. The third-order valence-corrected chi connectivity index (χ3v) is 5.37. The fourth-order valence-corrected chi connectivity index (χ4v) is 4.07. The van der Waals surface area contributed by atoms with E-state index in [1.807, 2.05) is 31.2 Å². The van der Waals surface area contributed by atoms with E-state index in [2.05, 4.69) is 39.6 Å². The van der Waals surface area contributed by atoms with Gasteiger partial charge in [0.25, 0.3) is 0 Å². The summed E-state index contributed by atoms with van der Waals surface area (Å²) in [5.74, 6) is 3.17. The Hall–Kier alpha value is -3.08.